The summed E-state index contributed by atoms with van der Waals surface area (Å²) >= 11 is 0. The number of hydrogen-bond acceptors (Lipinski definition) is 4. The lowest BCUT2D eigenvalue weighted by molar-refractivity contribution is 0.322. The molecule has 4 heteroatoms. The van der Waals surface area contributed by atoms with Gasteiger partial charge in [0.15, 0.2) is 0 Å². The average Bonchev–Trinajstić information content (AvgIpc) is 2.88. The molecule has 0 aliphatic heterocycles. The molecule has 3 aromatic rings. The van der Waals surface area contributed by atoms with Gasteiger partial charge >= 0.3 is 0 Å². The highest BCUT2D eigenvalue weighted by atomic mass is 16.4. The van der Waals surface area contributed by atoms with Gasteiger partial charge in [0, 0.05) is 10.9 Å². The molecular weight excluding hydrogens is 242 g/mol. The van der Waals surface area contributed by atoms with Gasteiger partial charge in [0.05, 0.1) is 12.5 Å². The highest BCUT2D eigenvalue weighted by molar-refractivity contribution is 5.99. The fourth-order valence-corrected chi connectivity index (χ4v) is 2.09. The zero-order chi connectivity index (χ0) is 13.2. The Morgan fingerprint density at radius 2 is 1.79 bits per heavy atom. The lowest BCUT2D eigenvalue weighted by atomic mass is 10.0. The van der Waals surface area contributed by atoms with Crippen LogP contribution in [0.2, 0.25) is 0 Å². The Morgan fingerprint density at radius 3 is 2.53 bits per heavy atom. The van der Waals surface area contributed by atoms with Crippen LogP contribution in [0.1, 0.15) is 5.56 Å². The van der Waals surface area contributed by atoms with Crippen molar-refractivity contribution in [1.29, 1.82) is 0 Å². The third-order valence-electron chi connectivity index (χ3n) is 2.98. The molecule has 0 unspecified atom stereocenters. The van der Waals surface area contributed by atoms with Crippen molar-refractivity contribution in [2.24, 2.45) is 5.16 Å². The highest BCUT2D eigenvalue weighted by Crippen LogP contribution is 2.28. The molecule has 4 nitrogen and oxygen atoms in total. The van der Waals surface area contributed by atoms with Crippen LogP contribution in [0.4, 0.5) is 0 Å². The molecule has 0 saturated carbocycles. The van der Waals surface area contributed by atoms with E-state index in [1.807, 2.05) is 30.3 Å². The lowest BCUT2D eigenvalue weighted by Gasteiger charge is -2.04. The monoisotopic (exact) mass is 253 g/mol. The minimum absolute atomic E-state index is 0.227. The van der Waals surface area contributed by atoms with E-state index in [0.717, 1.165) is 16.5 Å². The van der Waals surface area contributed by atoms with Crippen LogP contribution in [0, 0.1) is 0 Å². The van der Waals surface area contributed by atoms with Crippen molar-refractivity contribution in [3.8, 4) is 16.9 Å². The van der Waals surface area contributed by atoms with Crippen molar-refractivity contribution in [2.45, 2.75) is 0 Å². The molecule has 1 heterocycles. The largest absolute Gasteiger partial charge is 0.508 e. The number of nitrogens with zero attached hydrogens (tertiary/aromatic N) is 1. The Morgan fingerprint density at radius 1 is 1.00 bits per heavy atom. The molecule has 0 aliphatic carbocycles. The van der Waals surface area contributed by atoms with Crippen LogP contribution in [0.15, 0.2) is 58.3 Å². The first-order chi connectivity index (χ1) is 9.28. The lowest BCUT2D eigenvalue weighted by Crippen LogP contribution is -1.85. The standard InChI is InChI=1S/C15H11NO3/c17-14-3-1-10(2-4-14)12-7-11-5-6-19-15(11)13(8-12)9-16-18/h1-9,17-18H. The summed E-state index contributed by atoms with van der Waals surface area (Å²) in [7, 11) is 0. The Bertz CT molecular complexity index is 742. The molecule has 0 radical (unpaired) electrons. The Hall–Kier alpha value is -2.75. The smallest absolute Gasteiger partial charge is 0.142 e. The molecule has 3 rings (SSSR count). The minimum atomic E-state index is 0.227. The maximum absolute atomic E-state index is 9.31. The zero-order valence-corrected chi connectivity index (χ0v) is 9.95. The molecule has 19 heavy (non-hydrogen) atoms. The van der Waals surface area contributed by atoms with Gasteiger partial charge in [-0.05, 0) is 41.5 Å². The van der Waals surface area contributed by atoms with Gasteiger partial charge < -0.3 is 14.7 Å². The van der Waals surface area contributed by atoms with Crippen LogP contribution in [0.25, 0.3) is 22.1 Å². The number of phenolic OH excluding ortho intramolecular Hbond substituents is 1. The first-order valence-electron chi connectivity index (χ1n) is 5.76. The van der Waals surface area contributed by atoms with Gasteiger partial charge in [-0.2, -0.15) is 0 Å². The number of furan rings is 1. The molecule has 0 spiro atoms. The minimum Gasteiger partial charge on any atom is -0.508 e. The van der Waals surface area contributed by atoms with E-state index in [1.54, 1.807) is 18.4 Å². The van der Waals surface area contributed by atoms with Crippen LogP contribution >= 0.6 is 0 Å². The van der Waals surface area contributed by atoms with Gasteiger partial charge in [-0.3, -0.25) is 0 Å². The molecule has 0 aliphatic rings. The summed E-state index contributed by atoms with van der Waals surface area (Å²) < 4.78 is 5.37. The maximum Gasteiger partial charge on any atom is 0.142 e. The third kappa shape index (κ3) is 2.04. The summed E-state index contributed by atoms with van der Waals surface area (Å²) in [6.07, 6.45) is 2.94. The topological polar surface area (TPSA) is 66.0 Å². The van der Waals surface area contributed by atoms with Crippen LogP contribution < -0.4 is 0 Å². The summed E-state index contributed by atoms with van der Waals surface area (Å²) in [5.74, 6) is 0.227. The summed E-state index contributed by atoms with van der Waals surface area (Å²) in [5.41, 5.74) is 3.31. The summed E-state index contributed by atoms with van der Waals surface area (Å²) in [6, 6.07) is 12.6. The van der Waals surface area contributed by atoms with E-state index in [0.29, 0.717) is 11.1 Å². The summed E-state index contributed by atoms with van der Waals surface area (Å²) in [6.45, 7) is 0. The quantitative estimate of drug-likeness (QED) is 0.416. The first kappa shape index (κ1) is 11.3. The normalized spacial score (nSPS) is 11.4. The van der Waals surface area contributed by atoms with Gasteiger partial charge in [-0.1, -0.05) is 17.3 Å². The average molecular weight is 253 g/mol. The number of benzene rings is 2. The molecular formula is C15H11NO3. The molecule has 1 aromatic heterocycles. The van der Waals surface area contributed by atoms with Crippen LogP contribution in [-0.2, 0) is 0 Å². The van der Waals surface area contributed by atoms with E-state index in [1.165, 1.54) is 6.21 Å². The molecule has 2 aromatic carbocycles. The van der Waals surface area contributed by atoms with E-state index >= 15 is 0 Å². The number of rotatable bonds is 2. The van der Waals surface area contributed by atoms with E-state index in [9.17, 15) is 5.11 Å². The summed E-state index contributed by atoms with van der Waals surface area (Å²) in [5, 5.41) is 22.0. The Balaban J connectivity index is 2.21. The van der Waals surface area contributed by atoms with Crippen molar-refractivity contribution >= 4 is 17.2 Å². The second-order valence-electron chi connectivity index (χ2n) is 4.20. The van der Waals surface area contributed by atoms with Gasteiger partial charge in [-0.15, -0.1) is 0 Å². The number of aromatic hydroxyl groups is 1. The molecule has 0 saturated heterocycles. The molecule has 2 N–H and O–H groups in total. The third-order valence-corrected chi connectivity index (χ3v) is 2.98. The number of hydrogen-bond donors (Lipinski definition) is 2. The SMILES string of the molecule is ON=Cc1cc(-c2ccc(O)cc2)cc2ccoc12. The van der Waals surface area contributed by atoms with E-state index in [2.05, 4.69) is 5.16 Å². The second-order valence-corrected chi connectivity index (χ2v) is 4.20. The van der Waals surface area contributed by atoms with Crippen molar-refractivity contribution in [3.05, 3.63) is 54.3 Å². The van der Waals surface area contributed by atoms with Crippen LogP contribution in [-0.4, -0.2) is 16.5 Å². The molecule has 0 atom stereocenters. The van der Waals surface area contributed by atoms with Crippen molar-refractivity contribution in [3.63, 3.8) is 0 Å². The second kappa shape index (κ2) is 4.49. The predicted octanol–water partition coefficient (Wildman–Crippen LogP) is 3.61. The summed E-state index contributed by atoms with van der Waals surface area (Å²) in [4.78, 5) is 0. The van der Waals surface area contributed by atoms with Gasteiger partial charge in [0.25, 0.3) is 0 Å². The molecule has 0 bridgehead atoms. The molecule has 94 valence electrons. The van der Waals surface area contributed by atoms with E-state index in [4.69, 9.17) is 9.62 Å². The van der Waals surface area contributed by atoms with Gasteiger partial charge in [0.1, 0.15) is 11.3 Å². The van der Waals surface area contributed by atoms with E-state index < -0.39 is 0 Å². The maximum atomic E-state index is 9.31. The fraction of sp³-hybridized carbons (Fsp3) is 0. The fourth-order valence-electron chi connectivity index (χ4n) is 2.09. The zero-order valence-electron chi connectivity index (χ0n) is 9.95. The number of fused-ring (bicyclic) bond motifs is 1. The predicted molar refractivity (Wildman–Crippen MR) is 72.7 cm³/mol. The number of phenols is 1. The van der Waals surface area contributed by atoms with Crippen molar-refractivity contribution in [2.75, 3.05) is 0 Å². The Labute approximate surface area is 109 Å². The first-order valence-corrected chi connectivity index (χ1v) is 5.76. The Kier molecular flexibility index (Phi) is 2.68. The van der Waals surface area contributed by atoms with Crippen molar-refractivity contribution < 1.29 is 14.7 Å². The van der Waals surface area contributed by atoms with Crippen LogP contribution in [0.3, 0.4) is 0 Å². The van der Waals surface area contributed by atoms with Crippen molar-refractivity contribution in [1.82, 2.24) is 0 Å². The van der Waals surface area contributed by atoms with E-state index in [-0.39, 0.29) is 5.75 Å². The van der Waals surface area contributed by atoms with Crippen LogP contribution in [0.5, 0.6) is 5.75 Å². The molecule has 0 fully saturated rings. The van der Waals surface area contributed by atoms with Gasteiger partial charge in [-0.25, -0.2) is 0 Å². The van der Waals surface area contributed by atoms with Gasteiger partial charge in [0.2, 0.25) is 0 Å². The number of oxime groups is 1. The highest BCUT2D eigenvalue weighted by Gasteiger charge is 2.07. The molecule has 0 amide bonds.